The zero-order valence-electron chi connectivity index (χ0n) is 10.2. The van der Waals surface area contributed by atoms with Crippen LogP contribution in [0.1, 0.15) is 0 Å². The van der Waals surface area contributed by atoms with Gasteiger partial charge in [0.25, 0.3) is 10.2 Å². The molecule has 2 rings (SSSR count). The summed E-state index contributed by atoms with van der Waals surface area (Å²) in [5.74, 6) is 0.460. The fourth-order valence-corrected chi connectivity index (χ4v) is 2.45. The number of hydrogen-bond donors (Lipinski definition) is 1. The van der Waals surface area contributed by atoms with E-state index in [9.17, 15) is 13.2 Å². The molecule has 1 aromatic carbocycles. The summed E-state index contributed by atoms with van der Waals surface area (Å²) in [5, 5.41) is 5.02. The van der Waals surface area contributed by atoms with Gasteiger partial charge in [0.1, 0.15) is 5.75 Å². The van der Waals surface area contributed by atoms with E-state index < -0.39 is 16.3 Å². The Labute approximate surface area is 111 Å². The highest BCUT2D eigenvalue weighted by Gasteiger charge is 2.27. The molecule has 1 aliphatic heterocycles. The maximum Gasteiger partial charge on any atom is 0.415 e. The van der Waals surface area contributed by atoms with Crippen LogP contribution in [0, 0.1) is 0 Å². The molecule has 0 atom stereocenters. The standard InChI is InChI=1S/C11H15N3O4S/c12-19(16,17)14-8-6-13(7-9-14)11(15)18-10-4-2-1-3-5-10/h1-5H,6-9H2,(H2,12,16,17). The smallest absolute Gasteiger partial charge is 0.410 e. The lowest BCUT2D eigenvalue weighted by Crippen LogP contribution is -2.52. The van der Waals surface area contributed by atoms with Gasteiger partial charge in [0.15, 0.2) is 0 Å². The minimum atomic E-state index is -3.68. The molecule has 7 nitrogen and oxygen atoms in total. The third-order valence-electron chi connectivity index (χ3n) is 2.81. The van der Waals surface area contributed by atoms with Gasteiger partial charge in [-0.25, -0.2) is 9.93 Å². The topological polar surface area (TPSA) is 92.9 Å². The Kier molecular flexibility index (Phi) is 4.03. The average Bonchev–Trinajstić information content (AvgIpc) is 2.39. The van der Waals surface area contributed by atoms with Crippen LogP contribution in [0.15, 0.2) is 30.3 Å². The number of carbonyl (C=O) groups excluding carboxylic acids is 1. The Morgan fingerprint density at radius 2 is 1.68 bits per heavy atom. The highest BCUT2D eigenvalue weighted by atomic mass is 32.2. The van der Waals surface area contributed by atoms with E-state index in [2.05, 4.69) is 0 Å². The molecule has 1 fully saturated rings. The summed E-state index contributed by atoms with van der Waals surface area (Å²) in [4.78, 5) is 13.3. The van der Waals surface area contributed by atoms with Crippen LogP contribution in [0.2, 0.25) is 0 Å². The molecule has 1 saturated heterocycles. The minimum Gasteiger partial charge on any atom is -0.410 e. The van der Waals surface area contributed by atoms with E-state index in [0.29, 0.717) is 5.75 Å². The van der Waals surface area contributed by atoms with Gasteiger partial charge in [0.05, 0.1) is 0 Å². The van der Waals surface area contributed by atoms with Crippen LogP contribution >= 0.6 is 0 Å². The van der Waals surface area contributed by atoms with Crippen molar-refractivity contribution in [3.63, 3.8) is 0 Å². The Hall–Kier alpha value is -1.64. The molecule has 104 valence electrons. The number of hydrogen-bond acceptors (Lipinski definition) is 4. The van der Waals surface area contributed by atoms with E-state index in [4.69, 9.17) is 9.88 Å². The summed E-state index contributed by atoms with van der Waals surface area (Å²) >= 11 is 0. The zero-order valence-corrected chi connectivity index (χ0v) is 11.0. The summed E-state index contributed by atoms with van der Waals surface area (Å²) in [5.41, 5.74) is 0. The van der Waals surface area contributed by atoms with Crippen LogP contribution in [-0.4, -0.2) is 49.9 Å². The van der Waals surface area contributed by atoms with Crippen molar-refractivity contribution >= 4 is 16.3 Å². The summed E-state index contributed by atoms with van der Waals surface area (Å²) in [6.45, 7) is 0.898. The quantitative estimate of drug-likeness (QED) is 0.828. The number of rotatable bonds is 2. The lowest BCUT2D eigenvalue weighted by atomic mass is 10.3. The number of nitrogens with two attached hydrogens (primary N) is 1. The number of amides is 1. The first kappa shape index (κ1) is 13.8. The van der Waals surface area contributed by atoms with Gasteiger partial charge < -0.3 is 9.64 Å². The zero-order chi connectivity index (χ0) is 13.9. The Morgan fingerprint density at radius 3 is 2.21 bits per heavy atom. The van der Waals surface area contributed by atoms with Crippen LogP contribution in [-0.2, 0) is 10.2 Å². The number of para-hydroxylation sites is 1. The van der Waals surface area contributed by atoms with Gasteiger partial charge in [-0.1, -0.05) is 18.2 Å². The second-order valence-electron chi connectivity index (χ2n) is 4.11. The molecule has 0 saturated carbocycles. The molecular weight excluding hydrogens is 270 g/mol. The predicted molar refractivity (Wildman–Crippen MR) is 68.7 cm³/mol. The third-order valence-corrected chi connectivity index (χ3v) is 3.89. The first-order valence-corrected chi connectivity index (χ1v) is 7.27. The van der Waals surface area contributed by atoms with Crippen molar-refractivity contribution in [3.05, 3.63) is 30.3 Å². The van der Waals surface area contributed by atoms with Gasteiger partial charge in [-0.05, 0) is 12.1 Å². The first-order valence-electron chi connectivity index (χ1n) is 5.76. The minimum absolute atomic E-state index is 0.183. The van der Waals surface area contributed by atoms with Crippen LogP contribution < -0.4 is 9.88 Å². The van der Waals surface area contributed by atoms with Crippen molar-refractivity contribution < 1.29 is 17.9 Å². The fourth-order valence-electron chi connectivity index (χ4n) is 1.78. The van der Waals surface area contributed by atoms with Crippen LogP contribution in [0.4, 0.5) is 4.79 Å². The molecule has 0 aliphatic carbocycles. The number of benzene rings is 1. The van der Waals surface area contributed by atoms with Crippen molar-refractivity contribution in [2.45, 2.75) is 0 Å². The first-order chi connectivity index (χ1) is 8.97. The predicted octanol–water partition coefficient (Wildman–Crippen LogP) is 0.00650. The van der Waals surface area contributed by atoms with Crippen molar-refractivity contribution in [2.24, 2.45) is 5.14 Å². The lowest BCUT2D eigenvalue weighted by molar-refractivity contribution is 0.132. The third kappa shape index (κ3) is 3.66. The van der Waals surface area contributed by atoms with Gasteiger partial charge in [0, 0.05) is 26.2 Å². The Balaban J connectivity index is 1.90. The van der Waals surface area contributed by atoms with Crippen molar-refractivity contribution in [3.8, 4) is 5.75 Å². The summed E-state index contributed by atoms with van der Waals surface area (Å²) in [6, 6.07) is 8.71. The largest absolute Gasteiger partial charge is 0.415 e. The molecule has 0 bridgehead atoms. The number of nitrogens with zero attached hydrogens (tertiary/aromatic N) is 2. The highest BCUT2D eigenvalue weighted by Crippen LogP contribution is 2.12. The average molecular weight is 285 g/mol. The van der Waals surface area contributed by atoms with Crippen LogP contribution in [0.5, 0.6) is 5.75 Å². The fraction of sp³-hybridized carbons (Fsp3) is 0.364. The van der Waals surface area contributed by atoms with Gasteiger partial charge in [-0.15, -0.1) is 0 Å². The summed E-state index contributed by atoms with van der Waals surface area (Å²) in [7, 11) is -3.68. The van der Waals surface area contributed by atoms with E-state index >= 15 is 0 Å². The van der Waals surface area contributed by atoms with E-state index in [1.54, 1.807) is 24.3 Å². The molecule has 1 aliphatic rings. The van der Waals surface area contributed by atoms with Gasteiger partial charge in [0.2, 0.25) is 0 Å². The van der Waals surface area contributed by atoms with Crippen molar-refractivity contribution in [2.75, 3.05) is 26.2 Å². The van der Waals surface area contributed by atoms with Crippen LogP contribution in [0.25, 0.3) is 0 Å². The van der Waals surface area contributed by atoms with Gasteiger partial charge in [-0.3, -0.25) is 0 Å². The second kappa shape index (κ2) is 5.55. The number of piperazine rings is 1. The van der Waals surface area contributed by atoms with E-state index in [1.807, 2.05) is 6.07 Å². The Morgan fingerprint density at radius 1 is 1.11 bits per heavy atom. The lowest BCUT2D eigenvalue weighted by Gasteiger charge is -2.32. The number of carbonyl (C=O) groups is 1. The summed E-state index contributed by atoms with van der Waals surface area (Å²) < 4.78 is 28.5. The number of ether oxygens (including phenoxy) is 1. The molecule has 0 aromatic heterocycles. The van der Waals surface area contributed by atoms with Gasteiger partial charge in [-0.2, -0.15) is 12.7 Å². The van der Waals surface area contributed by atoms with E-state index in [0.717, 1.165) is 4.31 Å². The maximum absolute atomic E-state index is 11.8. The molecule has 19 heavy (non-hydrogen) atoms. The molecule has 1 heterocycles. The van der Waals surface area contributed by atoms with Crippen molar-refractivity contribution in [1.29, 1.82) is 0 Å². The molecule has 0 unspecified atom stereocenters. The van der Waals surface area contributed by atoms with Crippen molar-refractivity contribution in [1.82, 2.24) is 9.21 Å². The van der Waals surface area contributed by atoms with Gasteiger partial charge >= 0.3 is 6.09 Å². The SMILES string of the molecule is NS(=O)(=O)N1CCN(C(=O)Oc2ccccc2)CC1. The molecule has 2 N–H and O–H groups in total. The maximum atomic E-state index is 11.8. The monoisotopic (exact) mass is 285 g/mol. The molecule has 1 aromatic rings. The molecule has 8 heteroatoms. The molecular formula is C11H15N3O4S. The van der Waals surface area contributed by atoms with E-state index in [1.165, 1.54) is 4.90 Å². The second-order valence-corrected chi connectivity index (χ2v) is 5.66. The molecule has 0 spiro atoms. The highest BCUT2D eigenvalue weighted by molar-refractivity contribution is 7.86. The Bertz CT molecular complexity index is 538. The van der Waals surface area contributed by atoms with E-state index in [-0.39, 0.29) is 26.2 Å². The van der Waals surface area contributed by atoms with Crippen LogP contribution in [0.3, 0.4) is 0 Å². The summed E-state index contributed by atoms with van der Waals surface area (Å²) in [6.07, 6.45) is -0.486. The normalized spacial score (nSPS) is 17.2. The molecule has 1 amide bonds. The molecule has 0 radical (unpaired) electrons.